The van der Waals surface area contributed by atoms with Crippen molar-refractivity contribution in [2.75, 3.05) is 12.0 Å². The van der Waals surface area contributed by atoms with Crippen molar-refractivity contribution < 1.29 is 13.6 Å². The highest BCUT2D eigenvalue weighted by Gasteiger charge is 2.14. The Morgan fingerprint density at radius 2 is 1.95 bits per heavy atom. The highest BCUT2D eigenvalue weighted by atomic mass is 35.5. The number of carbonyl (C=O) groups excluding carboxylic acids is 1. The summed E-state index contributed by atoms with van der Waals surface area (Å²) in [5.74, 6) is 2.58. The van der Waals surface area contributed by atoms with Crippen LogP contribution in [0.15, 0.2) is 24.3 Å². The van der Waals surface area contributed by atoms with Gasteiger partial charge in [-0.15, -0.1) is 11.3 Å². The van der Waals surface area contributed by atoms with Crippen LogP contribution in [0.2, 0.25) is 4.34 Å². The number of nitrogens with one attached hydrogen (secondary N) is 2. The summed E-state index contributed by atoms with van der Waals surface area (Å²) in [6.07, 6.45) is 0.594. The molecule has 0 unspecified atom stereocenters. The van der Waals surface area contributed by atoms with Crippen LogP contribution in [0.1, 0.15) is 15.2 Å². The lowest BCUT2D eigenvalue weighted by atomic mass is 10.1. The number of thiophene rings is 1. The predicted octanol–water partition coefficient (Wildman–Crippen LogP) is 2.94. The van der Waals surface area contributed by atoms with Crippen molar-refractivity contribution >= 4 is 34.5 Å². The molecule has 0 radical (unpaired) electrons. The molecule has 0 aliphatic carbocycles. The van der Waals surface area contributed by atoms with Crippen molar-refractivity contribution in [2.24, 2.45) is 5.84 Å². The van der Waals surface area contributed by atoms with E-state index >= 15 is 0 Å². The van der Waals surface area contributed by atoms with Crippen molar-refractivity contribution in [2.45, 2.75) is 6.42 Å². The van der Waals surface area contributed by atoms with E-state index in [2.05, 4.69) is 5.32 Å². The molecule has 1 aromatic carbocycles. The first-order valence-electron chi connectivity index (χ1n) is 5.99. The van der Waals surface area contributed by atoms with E-state index in [0.717, 1.165) is 17.0 Å². The van der Waals surface area contributed by atoms with Gasteiger partial charge >= 0.3 is 0 Å². The van der Waals surface area contributed by atoms with Gasteiger partial charge < -0.3 is 10.7 Å². The number of benzene rings is 1. The number of rotatable bonds is 5. The largest absolute Gasteiger partial charge is 0.352 e. The minimum absolute atomic E-state index is 0.104. The number of carbonyl (C=O) groups is 1. The maximum Gasteiger partial charge on any atom is 0.251 e. The molecule has 4 nitrogen and oxygen atoms in total. The Bertz CT molecular complexity index is 640. The standard InChI is InChI=1S/C13H12ClF2N3OS/c14-11-2-1-8(21-11)3-4-18-13(20)7-5-9(15)12(19-17)10(16)6-7/h1-2,5-6,19H,3-4,17H2,(H,18,20). The van der Waals surface area contributed by atoms with Gasteiger partial charge in [0.2, 0.25) is 0 Å². The number of halogens is 3. The molecule has 112 valence electrons. The zero-order chi connectivity index (χ0) is 15.4. The van der Waals surface area contributed by atoms with Gasteiger partial charge in [0.1, 0.15) is 5.69 Å². The van der Waals surface area contributed by atoms with E-state index in [0.29, 0.717) is 17.3 Å². The van der Waals surface area contributed by atoms with E-state index in [1.54, 1.807) is 6.07 Å². The first kappa shape index (κ1) is 15.7. The van der Waals surface area contributed by atoms with E-state index in [-0.39, 0.29) is 5.56 Å². The van der Waals surface area contributed by atoms with Crippen LogP contribution in [-0.4, -0.2) is 12.5 Å². The van der Waals surface area contributed by atoms with E-state index in [1.165, 1.54) is 11.3 Å². The van der Waals surface area contributed by atoms with Crippen LogP contribution in [-0.2, 0) is 6.42 Å². The number of hydrazine groups is 1. The molecule has 1 amide bonds. The SMILES string of the molecule is NNc1c(F)cc(C(=O)NCCc2ccc(Cl)s2)cc1F. The molecule has 0 atom stereocenters. The Labute approximate surface area is 128 Å². The molecule has 0 fully saturated rings. The van der Waals surface area contributed by atoms with Gasteiger partial charge in [0.15, 0.2) is 11.6 Å². The van der Waals surface area contributed by atoms with E-state index in [1.807, 2.05) is 11.5 Å². The van der Waals surface area contributed by atoms with Crippen LogP contribution < -0.4 is 16.6 Å². The third-order valence-corrected chi connectivity index (χ3v) is 4.03. The number of nitrogen functional groups attached to an aromatic ring is 1. The van der Waals surface area contributed by atoms with E-state index < -0.39 is 23.2 Å². The topological polar surface area (TPSA) is 67.1 Å². The fraction of sp³-hybridized carbons (Fsp3) is 0.154. The summed E-state index contributed by atoms with van der Waals surface area (Å²) >= 11 is 7.21. The van der Waals surface area contributed by atoms with Crippen LogP contribution in [0, 0.1) is 11.6 Å². The maximum absolute atomic E-state index is 13.5. The van der Waals surface area contributed by atoms with E-state index in [9.17, 15) is 13.6 Å². The fourth-order valence-corrected chi connectivity index (χ4v) is 2.82. The molecule has 2 aromatic rings. The molecule has 0 bridgehead atoms. The third kappa shape index (κ3) is 3.90. The molecule has 1 heterocycles. The second-order valence-electron chi connectivity index (χ2n) is 4.17. The first-order valence-corrected chi connectivity index (χ1v) is 7.18. The van der Waals surface area contributed by atoms with Gasteiger partial charge in [-0.1, -0.05) is 11.6 Å². The quantitative estimate of drug-likeness (QED) is 0.583. The Kier molecular flexibility index (Phi) is 5.11. The lowest BCUT2D eigenvalue weighted by Crippen LogP contribution is -2.26. The average Bonchev–Trinajstić information content (AvgIpc) is 2.84. The molecule has 2 rings (SSSR count). The van der Waals surface area contributed by atoms with Gasteiger partial charge in [-0.05, 0) is 30.7 Å². The molecule has 0 saturated carbocycles. The Balaban J connectivity index is 1.97. The van der Waals surface area contributed by atoms with E-state index in [4.69, 9.17) is 17.4 Å². The smallest absolute Gasteiger partial charge is 0.251 e. The summed E-state index contributed by atoms with van der Waals surface area (Å²) in [5, 5.41) is 2.59. The van der Waals surface area contributed by atoms with Crippen molar-refractivity contribution in [3.8, 4) is 0 Å². The van der Waals surface area contributed by atoms with Gasteiger partial charge in [0, 0.05) is 17.0 Å². The second kappa shape index (κ2) is 6.84. The van der Waals surface area contributed by atoms with Gasteiger partial charge in [-0.2, -0.15) is 0 Å². The summed E-state index contributed by atoms with van der Waals surface area (Å²) in [7, 11) is 0. The molecule has 8 heteroatoms. The highest BCUT2D eigenvalue weighted by Crippen LogP contribution is 2.22. The van der Waals surface area contributed by atoms with Crippen LogP contribution >= 0.6 is 22.9 Å². The fourth-order valence-electron chi connectivity index (χ4n) is 1.73. The summed E-state index contributed by atoms with van der Waals surface area (Å²) in [5.41, 5.74) is 1.33. The number of hydrogen-bond acceptors (Lipinski definition) is 4. The van der Waals surface area contributed by atoms with Crippen LogP contribution in [0.3, 0.4) is 0 Å². The van der Waals surface area contributed by atoms with Crippen molar-refractivity contribution in [3.05, 3.63) is 50.7 Å². The third-order valence-electron chi connectivity index (χ3n) is 2.73. The number of anilines is 1. The van der Waals surface area contributed by atoms with Crippen LogP contribution in [0.4, 0.5) is 14.5 Å². The highest BCUT2D eigenvalue weighted by molar-refractivity contribution is 7.16. The minimum Gasteiger partial charge on any atom is -0.352 e. The van der Waals surface area contributed by atoms with Gasteiger partial charge in [-0.3, -0.25) is 10.6 Å². The van der Waals surface area contributed by atoms with Gasteiger partial charge in [0.05, 0.1) is 4.34 Å². The summed E-state index contributed by atoms with van der Waals surface area (Å²) in [6.45, 7) is 0.343. The monoisotopic (exact) mass is 331 g/mol. The number of amides is 1. The summed E-state index contributed by atoms with van der Waals surface area (Å²) in [4.78, 5) is 12.8. The summed E-state index contributed by atoms with van der Waals surface area (Å²) in [6, 6.07) is 5.48. The van der Waals surface area contributed by atoms with Gasteiger partial charge in [0.25, 0.3) is 5.91 Å². The maximum atomic E-state index is 13.5. The number of nitrogens with two attached hydrogens (primary N) is 1. The Hall–Kier alpha value is -1.70. The minimum atomic E-state index is -0.923. The van der Waals surface area contributed by atoms with Crippen molar-refractivity contribution in [3.63, 3.8) is 0 Å². The molecule has 0 aliphatic heterocycles. The average molecular weight is 332 g/mol. The van der Waals surface area contributed by atoms with Crippen molar-refractivity contribution in [1.82, 2.24) is 5.32 Å². The Morgan fingerprint density at radius 3 is 2.48 bits per heavy atom. The van der Waals surface area contributed by atoms with Crippen LogP contribution in [0.5, 0.6) is 0 Å². The van der Waals surface area contributed by atoms with Crippen molar-refractivity contribution in [1.29, 1.82) is 0 Å². The molecule has 21 heavy (non-hydrogen) atoms. The molecule has 0 spiro atoms. The molecular weight excluding hydrogens is 320 g/mol. The lowest BCUT2D eigenvalue weighted by Gasteiger charge is -2.08. The zero-order valence-electron chi connectivity index (χ0n) is 10.8. The molecule has 4 N–H and O–H groups in total. The molecule has 0 saturated heterocycles. The number of hydrogen-bond donors (Lipinski definition) is 3. The van der Waals surface area contributed by atoms with Gasteiger partial charge in [-0.25, -0.2) is 8.78 Å². The predicted molar refractivity (Wildman–Crippen MR) is 79.5 cm³/mol. The zero-order valence-corrected chi connectivity index (χ0v) is 12.3. The second-order valence-corrected chi connectivity index (χ2v) is 5.97. The lowest BCUT2D eigenvalue weighted by molar-refractivity contribution is 0.0953. The summed E-state index contributed by atoms with van der Waals surface area (Å²) < 4.78 is 27.6. The Morgan fingerprint density at radius 1 is 1.29 bits per heavy atom. The normalized spacial score (nSPS) is 10.5. The molecule has 1 aromatic heterocycles. The first-order chi connectivity index (χ1) is 10.0. The molecular formula is C13H12ClF2N3OS. The van der Waals surface area contributed by atoms with Crippen LogP contribution in [0.25, 0.3) is 0 Å². The molecule has 0 aliphatic rings.